The Balaban J connectivity index is 0. The molecule has 0 spiro atoms. The van der Waals surface area contributed by atoms with E-state index in [9.17, 15) is 0 Å². The summed E-state index contributed by atoms with van der Waals surface area (Å²) in [6.07, 6.45) is 16.7. The summed E-state index contributed by atoms with van der Waals surface area (Å²) >= 11 is 3.48. The molecule has 0 fully saturated rings. The van der Waals surface area contributed by atoms with E-state index in [0.29, 0.717) is 10.8 Å². The molecule has 6 rings (SSSR count). The SMILES string of the molecule is CC(C)(C)C1=CC=[C-]C1.CC(C)(C)C1=CC=[C-]C1.C[Si](C)=[Zr+2].C[Si](C)=[Zr+2].Cc1c[cH-]c2ccccc12.Cc1c[cH-]c2ccccc12.[Cl-].[Cl-]. The molecule has 0 unspecified atom stereocenters. The minimum atomic E-state index is 0. The zero-order chi connectivity index (χ0) is 34.9. The number of fused-ring (bicyclic) bond motifs is 2. The molecule has 256 valence electrons. The van der Waals surface area contributed by atoms with Gasteiger partial charge in [0.05, 0.1) is 0 Å². The predicted octanol–water partition coefficient (Wildman–Crippen LogP) is 6.75. The van der Waals surface area contributed by atoms with Gasteiger partial charge in [0.15, 0.2) is 0 Å². The van der Waals surface area contributed by atoms with E-state index in [-0.39, 0.29) is 35.7 Å². The number of aryl methyl sites for hydroxylation is 2. The number of allylic oxidation sites excluding steroid dienone is 8. The molecular weight excluding hydrogens is 814 g/mol. The molecule has 0 saturated carbocycles. The van der Waals surface area contributed by atoms with Crippen molar-refractivity contribution in [3.05, 3.63) is 132 Å². The molecule has 4 aromatic carbocycles. The van der Waals surface area contributed by atoms with Gasteiger partial charge in [0.1, 0.15) is 0 Å². The van der Waals surface area contributed by atoms with Gasteiger partial charge in [-0.15, -0.1) is 82.9 Å². The molecule has 0 N–H and O–H groups in total. The predicted molar refractivity (Wildman–Crippen MR) is 203 cm³/mol. The Hall–Kier alpha value is -0.600. The second kappa shape index (κ2) is 25.4. The van der Waals surface area contributed by atoms with Crippen molar-refractivity contribution in [1.82, 2.24) is 0 Å². The third-order valence-electron chi connectivity index (χ3n) is 7.11. The number of hydrogen-bond acceptors (Lipinski definition) is 0. The second-order valence-corrected chi connectivity index (χ2v) is 32.9. The Morgan fingerprint density at radius 3 is 1.08 bits per heavy atom. The van der Waals surface area contributed by atoms with Gasteiger partial charge >= 0.3 is 83.7 Å². The first kappa shape index (κ1) is 49.5. The van der Waals surface area contributed by atoms with Gasteiger partial charge < -0.3 is 24.8 Å². The van der Waals surface area contributed by atoms with E-state index >= 15 is 0 Å². The van der Waals surface area contributed by atoms with Crippen LogP contribution in [0.15, 0.2) is 108 Å². The molecule has 0 atom stereocenters. The van der Waals surface area contributed by atoms with Crippen LogP contribution in [-0.2, 0) is 46.7 Å². The van der Waals surface area contributed by atoms with Crippen LogP contribution in [0.4, 0.5) is 0 Å². The van der Waals surface area contributed by atoms with Crippen molar-refractivity contribution in [2.75, 3.05) is 0 Å². The van der Waals surface area contributed by atoms with Crippen LogP contribution in [-0.4, -0.2) is 10.9 Å². The summed E-state index contributed by atoms with van der Waals surface area (Å²) < 4.78 is 0. The first-order chi connectivity index (χ1) is 21.4. The fourth-order valence-corrected chi connectivity index (χ4v) is 4.42. The average molecular weight is 870 g/mol. The number of hydrogen-bond donors (Lipinski definition) is 0. The van der Waals surface area contributed by atoms with Crippen molar-refractivity contribution in [1.29, 1.82) is 0 Å². The van der Waals surface area contributed by atoms with Crippen molar-refractivity contribution >= 4 is 32.4 Å². The quantitative estimate of drug-likeness (QED) is 0.136. The molecule has 0 amide bonds. The molecule has 6 heteroatoms. The fourth-order valence-electron chi connectivity index (χ4n) is 4.42. The third-order valence-corrected chi connectivity index (χ3v) is 7.11. The first-order valence-electron chi connectivity index (χ1n) is 16.2. The summed E-state index contributed by atoms with van der Waals surface area (Å²) in [4.78, 5) is 0. The monoisotopic (exact) mass is 866 g/mol. The van der Waals surface area contributed by atoms with E-state index in [0.717, 1.165) is 12.8 Å². The molecule has 0 heterocycles. The van der Waals surface area contributed by atoms with Gasteiger partial charge in [-0.05, 0) is 10.8 Å². The van der Waals surface area contributed by atoms with Crippen molar-refractivity contribution < 1.29 is 71.5 Å². The molecule has 0 aromatic heterocycles. The number of halogens is 2. The Kier molecular flexibility index (Phi) is 26.2. The largest absolute Gasteiger partial charge is 1.00 e. The second-order valence-electron chi connectivity index (χ2n) is 14.2. The Bertz CT molecular complexity index is 1520. The van der Waals surface area contributed by atoms with E-state index in [2.05, 4.69) is 179 Å². The normalized spacial score (nSPS) is 12.4. The summed E-state index contributed by atoms with van der Waals surface area (Å²) in [6, 6.07) is 25.5. The molecule has 4 aromatic rings. The molecule has 0 aliphatic heterocycles. The molecule has 0 saturated heterocycles. The van der Waals surface area contributed by atoms with Crippen molar-refractivity contribution in [2.45, 2.75) is 94.4 Å². The molecule has 2 aliphatic rings. The van der Waals surface area contributed by atoms with Crippen LogP contribution in [0, 0.1) is 36.8 Å². The van der Waals surface area contributed by atoms with E-state index < -0.39 is 0 Å². The minimum absolute atomic E-state index is 0. The van der Waals surface area contributed by atoms with E-state index in [4.69, 9.17) is 0 Å². The third kappa shape index (κ3) is 20.9. The van der Waals surface area contributed by atoms with Crippen LogP contribution in [0.1, 0.15) is 65.5 Å². The van der Waals surface area contributed by atoms with Gasteiger partial charge in [0, 0.05) is 0 Å². The van der Waals surface area contributed by atoms with Gasteiger partial charge in [-0.3, -0.25) is 12.2 Å². The van der Waals surface area contributed by atoms with E-state index in [1.54, 1.807) is 46.7 Å². The van der Waals surface area contributed by atoms with Gasteiger partial charge in [0.25, 0.3) is 0 Å². The van der Waals surface area contributed by atoms with Crippen LogP contribution in [0.2, 0.25) is 26.2 Å². The summed E-state index contributed by atoms with van der Waals surface area (Å²) in [5, 5.41) is 5.45. The Morgan fingerprint density at radius 2 is 0.875 bits per heavy atom. The standard InChI is InChI=1S/2C10H9.2C9H13.2C2H6Si.2ClH.2Zr/c2*1-8-6-7-9-4-2-3-5-10(8)9;2*1-9(2,3)8-6-4-5-7-8;2*1-3-2;;;;/h2*2-7H,1H3;2*4,6H,7H2,1-3H3;2*1-2H3;2*1H;;/q4*-1;;;;;2*+2/p-2. The first-order valence-corrected chi connectivity index (χ1v) is 28.6. The van der Waals surface area contributed by atoms with E-state index in [1.165, 1.54) is 43.8 Å². The zero-order valence-electron chi connectivity index (χ0n) is 31.4. The maximum absolute atomic E-state index is 3.16. The summed E-state index contributed by atoms with van der Waals surface area (Å²) in [5.41, 5.74) is 6.83. The van der Waals surface area contributed by atoms with Crippen LogP contribution < -0.4 is 24.8 Å². The Labute approximate surface area is 337 Å². The summed E-state index contributed by atoms with van der Waals surface area (Å²) in [5.74, 6) is 0. The maximum Gasteiger partial charge on any atom is -0.0809 e. The topological polar surface area (TPSA) is 0 Å². The summed E-state index contributed by atoms with van der Waals surface area (Å²) in [7, 11) is 0. The van der Waals surface area contributed by atoms with Crippen LogP contribution in [0.3, 0.4) is 0 Å². The molecule has 0 radical (unpaired) electrons. The van der Waals surface area contributed by atoms with Gasteiger partial charge in [0.2, 0.25) is 0 Å². The molecule has 2 aliphatic carbocycles. The van der Waals surface area contributed by atoms with Crippen molar-refractivity contribution in [2.24, 2.45) is 10.8 Å². The number of benzene rings is 2. The average Bonchev–Trinajstić information content (AvgIpc) is 3.78. The minimum Gasteiger partial charge on any atom is -1.00 e. The van der Waals surface area contributed by atoms with Crippen LogP contribution in [0.5, 0.6) is 0 Å². The summed E-state index contributed by atoms with van der Waals surface area (Å²) in [6.45, 7) is 26.9. The maximum atomic E-state index is 3.16. The molecule has 48 heavy (non-hydrogen) atoms. The van der Waals surface area contributed by atoms with Crippen molar-refractivity contribution in [3.63, 3.8) is 0 Å². The molecule has 0 bridgehead atoms. The Morgan fingerprint density at radius 1 is 0.583 bits per heavy atom. The van der Waals surface area contributed by atoms with Crippen molar-refractivity contribution in [3.8, 4) is 0 Å². The fraction of sp³-hybridized carbons (Fsp3) is 0.381. The number of rotatable bonds is 0. The smallest absolute Gasteiger partial charge is 0.0809 e. The van der Waals surface area contributed by atoms with E-state index in [1.807, 2.05) is 12.2 Å². The zero-order valence-corrected chi connectivity index (χ0v) is 39.8. The van der Waals surface area contributed by atoms with Crippen LogP contribution in [0.25, 0.3) is 21.5 Å². The molecular formula is C42H56Cl2Si2Zr2-2. The van der Waals surface area contributed by atoms with Crippen LogP contribution >= 0.6 is 0 Å². The van der Waals surface area contributed by atoms with Gasteiger partial charge in [-0.1, -0.05) is 67.5 Å². The van der Waals surface area contributed by atoms with Gasteiger partial charge in [-0.25, -0.2) is 24.3 Å². The van der Waals surface area contributed by atoms with Gasteiger partial charge in [-0.2, -0.15) is 34.4 Å². The molecule has 0 nitrogen and oxygen atoms in total.